The van der Waals surface area contributed by atoms with Crippen LogP contribution in [0.4, 0.5) is 0 Å². The normalized spacial score (nSPS) is 20.8. The summed E-state index contributed by atoms with van der Waals surface area (Å²) in [6, 6.07) is 21.3. The molecule has 0 bridgehead atoms. The second-order valence-corrected chi connectivity index (χ2v) is 6.21. The molecule has 1 fully saturated rings. The zero-order valence-electron chi connectivity index (χ0n) is 14.0. The smallest absolute Gasteiger partial charge is 0.0717 e. The Hall–Kier alpha value is -1.72. The van der Waals surface area contributed by atoms with Gasteiger partial charge in [-0.2, -0.15) is 0 Å². The first-order chi connectivity index (χ1) is 11.9. The molecule has 24 heavy (non-hydrogen) atoms. The van der Waals surface area contributed by atoms with E-state index in [0.29, 0.717) is 25.3 Å². The Kier molecular flexibility index (Phi) is 6.81. The average molecular weight is 326 g/mol. The summed E-state index contributed by atoms with van der Waals surface area (Å²) in [5, 5.41) is 7.07. The number of nitrogens with one attached hydrogen (secondary N) is 2. The molecule has 0 amide bonds. The predicted molar refractivity (Wildman–Crippen MR) is 95.8 cm³/mol. The maximum absolute atomic E-state index is 5.80. The van der Waals surface area contributed by atoms with Gasteiger partial charge in [-0.1, -0.05) is 60.7 Å². The second kappa shape index (κ2) is 9.55. The highest BCUT2D eigenvalue weighted by Crippen LogP contribution is 2.04. The maximum Gasteiger partial charge on any atom is 0.0717 e. The van der Waals surface area contributed by atoms with Gasteiger partial charge in [0.15, 0.2) is 0 Å². The molecular weight excluding hydrogens is 300 g/mol. The summed E-state index contributed by atoms with van der Waals surface area (Å²) in [5.41, 5.74) is 2.43. The van der Waals surface area contributed by atoms with Crippen LogP contribution in [0.25, 0.3) is 0 Å². The van der Waals surface area contributed by atoms with Gasteiger partial charge in [-0.25, -0.2) is 0 Å². The minimum absolute atomic E-state index is 0.360. The summed E-state index contributed by atoms with van der Waals surface area (Å²) in [5.74, 6) is 0. The fourth-order valence-corrected chi connectivity index (χ4v) is 2.78. The zero-order valence-corrected chi connectivity index (χ0v) is 14.0. The summed E-state index contributed by atoms with van der Waals surface area (Å²) >= 11 is 0. The van der Waals surface area contributed by atoms with E-state index in [1.807, 2.05) is 36.4 Å². The van der Waals surface area contributed by atoms with Gasteiger partial charge in [-0.15, -0.1) is 0 Å². The fourth-order valence-electron chi connectivity index (χ4n) is 2.78. The summed E-state index contributed by atoms with van der Waals surface area (Å²) in [4.78, 5) is 0. The third kappa shape index (κ3) is 5.73. The molecule has 3 rings (SSSR count). The zero-order chi connectivity index (χ0) is 16.5. The SMILES string of the molecule is c1ccc(COC[C@H]2CN[C@H](COCc3ccccc3)CN2)cc1. The van der Waals surface area contributed by atoms with Crippen molar-refractivity contribution >= 4 is 0 Å². The summed E-state index contributed by atoms with van der Waals surface area (Å²) in [6.07, 6.45) is 0. The van der Waals surface area contributed by atoms with Gasteiger partial charge < -0.3 is 20.1 Å². The Balaban J connectivity index is 1.27. The summed E-state index contributed by atoms with van der Waals surface area (Å²) in [7, 11) is 0. The van der Waals surface area contributed by atoms with Crippen LogP contribution in [0.2, 0.25) is 0 Å². The molecule has 0 unspecified atom stereocenters. The van der Waals surface area contributed by atoms with E-state index in [1.54, 1.807) is 0 Å². The van der Waals surface area contributed by atoms with Crippen molar-refractivity contribution in [2.24, 2.45) is 0 Å². The second-order valence-electron chi connectivity index (χ2n) is 6.21. The van der Waals surface area contributed by atoms with Crippen LogP contribution in [-0.4, -0.2) is 38.4 Å². The minimum Gasteiger partial charge on any atom is -0.375 e. The van der Waals surface area contributed by atoms with Gasteiger partial charge in [-0.3, -0.25) is 0 Å². The Morgan fingerprint density at radius 2 is 1.08 bits per heavy atom. The largest absolute Gasteiger partial charge is 0.375 e. The van der Waals surface area contributed by atoms with Crippen molar-refractivity contribution in [3.8, 4) is 0 Å². The van der Waals surface area contributed by atoms with Gasteiger partial charge in [-0.05, 0) is 11.1 Å². The lowest BCUT2D eigenvalue weighted by Gasteiger charge is -2.31. The first-order valence-corrected chi connectivity index (χ1v) is 8.60. The molecule has 2 atom stereocenters. The van der Waals surface area contributed by atoms with Crippen molar-refractivity contribution < 1.29 is 9.47 Å². The number of piperazine rings is 1. The van der Waals surface area contributed by atoms with E-state index in [2.05, 4.69) is 34.9 Å². The lowest BCUT2D eigenvalue weighted by molar-refractivity contribution is 0.0680. The van der Waals surface area contributed by atoms with Gasteiger partial charge in [0.25, 0.3) is 0 Å². The molecule has 1 saturated heterocycles. The number of hydrogen-bond donors (Lipinski definition) is 2. The van der Waals surface area contributed by atoms with Crippen LogP contribution in [0.15, 0.2) is 60.7 Å². The van der Waals surface area contributed by atoms with E-state index in [0.717, 1.165) is 26.3 Å². The lowest BCUT2D eigenvalue weighted by Crippen LogP contribution is -2.57. The van der Waals surface area contributed by atoms with Crippen molar-refractivity contribution in [3.05, 3.63) is 71.8 Å². The number of benzene rings is 2. The molecule has 1 aliphatic rings. The van der Waals surface area contributed by atoms with Crippen LogP contribution in [0.3, 0.4) is 0 Å². The van der Waals surface area contributed by atoms with Gasteiger partial charge in [0.1, 0.15) is 0 Å². The molecule has 2 aromatic rings. The standard InChI is InChI=1S/C20H26N2O2/c1-3-7-17(8-4-1)13-23-15-19-11-22-20(12-21-19)16-24-14-18-9-5-2-6-10-18/h1-10,19-22H,11-16H2/t19-,20+. The molecule has 1 aliphatic heterocycles. The van der Waals surface area contributed by atoms with Crippen molar-refractivity contribution in [2.75, 3.05) is 26.3 Å². The molecule has 2 N–H and O–H groups in total. The topological polar surface area (TPSA) is 42.5 Å². The molecule has 2 aromatic carbocycles. The Bertz CT molecular complexity index is 515. The van der Waals surface area contributed by atoms with Gasteiger partial charge >= 0.3 is 0 Å². The highest BCUT2D eigenvalue weighted by molar-refractivity contribution is 5.14. The number of ether oxygens (including phenoxy) is 2. The minimum atomic E-state index is 0.360. The Morgan fingerprint density at radius 1 is 0.667 bits per heavy atom. The number of rotatable bonds is 8. The van der Waals surface area contributed by atoms with E-state index in [4.69, 9.17) is 9.47 Å². The molecule has 1 heterocycles. The molecule has 0 radical (unpaired) electrons. The fraction of sp³-hybridized carbons (Fsp3) is 0.400. The van der Waals surface area contributed by atoms with Gasteiger partial charge in [0.05, 0.1) is 26.4 Å². The number of hydrogen-bond acceptors (Lipinski definition) is 4. The van der Waals surface area contributed by atoms with Crippen LogP contribution >= 0.6 is 0 Å². The predicted octanol–water partition coefficient (Wildman–Crippen LogP) is 2.35. The molecule has 128 valence electrons. The van der Waals surface area contributed by atoms with E-state index < -0.39 is 0 Å². The molecule has 0 saturated carbocycles. The van der Waals surface area contributed by atoms with Crippen LogP contribution < -0.4 is 10.6 Å². The highest BCUT2D eigenvalue weighted by atomic mass is 16.5. The van der Waals surface area contributed by atoms with Crippen molar-refractivity contribution in [3.63, 3.8) is 0 Å². The lowest BCUT2D eigenvalue weighted by atomic mass is 10.1. The molecule has 0 spiro atoms. The molecule has 4 nitrogen and oxygen atoms in total. The molecular formula is C20H26N2O2. The average Bonchev–Trinajstić information content (AvgIpc) is 2.65. The van der Waals surface area contributed by atoms with Crippen molar-refractivity contribution in [1.82, 2.24) is 10.6 Å². The highest BCUT2D eigenvalue weighted by Gasteiger charge is 2.19. The van der Waals surface area contributed by atoms with E-state index in [9.17, 15) is 0 Å². The van der Waals surface area contributed by atoms with Crippen LogP contribution in [0.5, 0.6) is 0 Å². The van der Waals surface area contributed by atoms with Crippen LogP contribution in [0, 0.1) is 0 Å². The monoisotopic (exact) mass is 326 g/mol. The summed E-state index contributed by atoms with van der Waals surface area (Å²) < 4.78 is 11.6. The van der Waals surface area contributed by atoms with Crippen molar-refractivity contribution in [2.45, 2.75) is 25.3 Å². The third-order valence-electron chi connectivity index (χ3n) is 4.17. The van der Waals surface area contributed by atoms with E-state index in [-0.39, 0.29) is 0 Å². The summed E-state index contributed by atoms with van der Waals surface area (Å²) in [6.45, 7) is 4.60. The first-order valence-electron chi connectivity index (χ1n) is 8.60. The quantitative estimate of drug-likeness (QED) is 0.781. The van der Waals surface area contributed by atoms with E-state index >= 15 is 0 Å². The Labute approximate surface area is 144 Å². The van der Waals surface area contributed by atoms with Crippen molar-refractivity contribution in [1.29, 1.82) is 0 Å². The first kappa shape index (κ1) is 17.1. The van der Waals surface area contributed by atoms with E-state index in [1.165, 1.54) is 11.1 Å². The van der Waals surface area contributed by atoms with Crippen LogP contribution in [0.1, 0.15) is 11.1 Å². The van der Waals surface area contributed by atoms with Crippen LogP contribution in [-0.2, 0) is 22.7 Å². The molecule has 4 heteroatoms. The van der Waals surface area contributed by atoms with Gasteiger partial charge in [0, 0.05) is 25.2 Å². The maximum atomic E-state index is 5.80. The molecule has 0 aromatic heterocycles. The molecule has 0 aliphatic carbocycles. The third-order valence-corrected chi connectivity index (χ3v) is 4.17. The Morgan fingerprint density at radius 3 is 1.46 bits per heavy atom. The van der Waals surface area contributed by atoms with Gasteiger partial charge in [0.2, 0.25) is 0 Å².